The van der Waals surface area contributed by atoms with Crippen LogP contribution in [0.3, 0.4) is 0 Å². The molecule has 0 bridgehead atoms. The number of para-hydroxylation sites is 2. The Bertz CT molecular complexity index is 395. The van der Waals surface area contributed by atoms with E-state index in [2.05, 4.69) is 0 Å². The number of nitrogens with two attached hydrogens (primary N) is 1. The number of nitrogens with zero attached hydrogens (tertiary/aromatic N) is 2. The van der Waals surface area contributed by atoms with Crippen molar-refractivity contribution in [3.05, 3.63) is 24.3 Å². The third-order valence-corrected chi connectivity index (χ3v) is 2.60. The topological polar surface area (TPSA) is 69.8 Å². The van der Waals surface area contributed by atoms with Gasteiger partial charge < -0.3 is 10.8 Å². The maximum Gasteiger partial charge on any atom is 0.243 e. The first-order chi connectivity index (χ1) is 7.74. The van der Waals surface area contributed by atoms with E-state index in [-0.39, 0.29) is 11.7 Å². The predicted molar refractivity (Wildman–Crippen MR) is 60.8 cm³/mol. The summed E-state index contributed by atoms with van der Waals surface area (Å²) in [6.07, 6.45) is 0.467. The molecule has 1 amide bonds. The van der Waals surface area contributed by atoms with Gasteiger partial charge in [0.15, 0.2) is 0 Å². The van der Waals surface area contributed by atoms with E-state index in [0.717, 1.165) is 0 Å². The molecule has 0 aliphatic carbocycles. The van der Waals surface area contributed by atoms with Gasteiger partial charge in [0, 0.05) is 26.1 Å². The highest BCUT2D eigenvalue weighted by Crippen LogP contribution is 2.30. The van der Waals surface area contributed by atoms with E-state index in [1.807, 2.05) is 5.01 Å². The molecule has 5 heteroatoms. The Morgan fingerprint density at radius 3 is 2.81 bits per heavy atom. The summed E-state index contributed by atoms with van der Waals surface area (Å²) in [7, 11) is 0. The van der Waals surface area contributed by atoms with E-state index in [9.17, 15) is 9.90 Å². The molecule has 16 heavy (non-hydrogen) atoms. The second-order valence-corrected chi connectivity index (χ2v) is 3.69. The largest absolute Gasteiger partial charge is 0.506 e. The predicted octanol–water partition coefficient (Wildman–Crippen LogP) is 0.305. The number of rotatable bonds is 3. The quantitative estimate of drug-likeness (QED) is 0.770. The van der Waals surface area contributed by atoms with Crippen molar-refractivity contribution in [3.63, 3.8) is 0 Å². The third kappa shape index (κ3) is 1.87. The second kappa shape index (κ2) is 4.51. The highest BCUT2D eigenvalue weighted by molar-refractivity contribution is 5.95. The molecule has 0 radical (unpaired) electrons. The first-order valence-electron chi connectivity index (χ1n) is 5.30. The molecule has 2 rings (SSSR count). The molecule has 0 atom stereocenters. The summed E-state index contributed by atoms with van der Waals surface area (Å²) in [5, 5.41) is 13.1. The Morgan fingerprint density at radius 1 is 1.38 bits per heavy atom. The van der Waals surface area contributed by atoms with E-state index in [1.165, 1.54) is 5.01 Å². The summed E-state index contributed by atoms with van der Waals surface area (Å²) in [5.74, 6) is 0.106. The molecular weight excluding hydrogens is 206 g/mol. The Labute approximate surface area is 94.0 Å². The molecule has 0 saturated carbocycles. The van der Waals surface area contributed by atoms with E-state index < -0.39 is 0 Å². The highest BCUT2D eigenvalue weighted by Gasteiger charge is 2.30. The van der Waals surface area contributed by atoms with Crippen molar-refractivity contribution in [1.82, 2.24) is 5.01 Å². The van der Waals surface area contributed by atoms with Gasteiger partial charge in [0.25, 0.3) is 0 Å². The fourth-order valence-corrected chi connectivity index (χ4v) is 1.88. The highest BCUT2D eigenvalue weighted by atomic mass is 16.3. The minimum absolute atomic E-state index is 0.00468. The van der Waals surface area contributed by atoms with Crippen LogP contribution in [0.1, 0.15) is 6.42 Å². The number of hydrogen-bond acceptors (Lipinski definition) is 4. The van der Waals surface area contributed by atoms with Crippen LogP contribution >= 0.6 is 0 Å². The molecule has 1 aromatic carbocycles. The van der Waals surface area contributed by atoms with E-state index in [4.69, 9.17) is 5.73 Å². The van der Waals surface area contributed by atoms with Crippen LogP contribution in [0.15, 0.2) is 24.3 Å². The van der Waals surface area contributed by atoms with Crippen LogP contribution in [0.4, 0.5) is 5.69 Å². The lowest BCUT2D eigenvalue weighted by atomic mass is 10.3. The van der Waals surface area contributed by atoms with Gasteiger partial charge in [-0.25, -0.2) is 10.0 Å². The summed E-state index contributed by atoms with van der Waals surface area (Å²) in [6, 6.07) is 6.82. The summed E-state index contributed by atoms with van der Waals surface area (Å²) in [5.41, 5.74) is 6.02. The number of carbonyl (C=O) groups excluding carboxylic acids is 1. The number of phenolic OH excluding ortho intramolecular Hbond substituents is 1. The van der Waals surface area contributed by atoms with Gasteiger partial charge in [0.2, 0.25) is 5.91 Å². The number of hydrazine groups is 1. The van der Waals surface area contributed by atoms with Gasteiger partial charge >= 0.3 is 0 Å². The molecule has 5 nitrogen and oxygen atoms in total. The fraction of sp³-hybridized carbons (Fsp3) is 0.364. The van der Waals surface area contributed by atoms with Gasteiger partial charge in [0.05, 0.1) is 0 Å². The van der Waals surface area contributed by atoms with Crippen molar-refractivity contribution >= 4 is 11.6 Å². The number of aromatic hydroxyl groups is 1. The normalized spacial score (nSPS) is 17.1. The first kappa shape index (κ1) is 10.9. The smallest absolute Gasteiger partial charge is 0.243 e. The number of hydrogen-bond donors (Lipinski definition) is 2. The summed E-state index contributed by atoms with van der Waals surface area (Å²) >= 11 is 0. The molecule has 0 spiro atoms. The van der Waals surface area contributed by atoms with Crippen LogP contribution in [0.5, 0.6) is 5.75 Å². The van der Waals surface area contributed by atoms with Crippen molar-refractivity contribution in [1.29, 1.82) is 0 Å². The number of anilines is 1. The summed E-state index contributed by atoms with van der Waals surface area (Å²) < 4.78 is 0. The van der Waals surface area contributed by atoms with Gasteiger partial charge in [-0.1, -0.05) is 12.1 Å². The minimum Gasteiger partial charge on any atom is -0.506 e. The van der Waals surface area contributed by atoms with Crippen LogP contribution in [0.2, 0.25) is 0 Å². The maximum atomic E-state index is 11.7. The number of amides is 1. The SMILES string of the molecule is NCCN1CCC(=O)N1c1ccccc1O. The van der Waals surface area contributed by atoms with Crippen LogP contribution in [-0.4, -0.2) is 35.7 Å². The van der Waals surface area contributed by atoms with Crippen molar-refractivity contribution in [2.45, 2.75) is 6.42 Å². The standard InChI is InChI=1S/C11H15N3O2/c12-6-8-13-7-5-11(16)14(13)9-3-1-2-4-10(9)15/h1-4,15H,5-8,12H2. The van der Waals surface area contributed by atoms with Gasteiger partial charge in [-0.3, -0.25) is 4.79 Å². The molecule has 86 valence electrons. The van der Waals surface area contributed by atoms with Crippen LogP contribution in [0.25, 0.3) is 0 Å². The Balaban J connectivity index is 2.30. The van der Waals surface area contributed by atoms with Crippen molar-refractivity contribution in [2.24, 2.45) is 5.73 Å². The number of carbonyl (C=O) groups is 1. The Kier molecular flexibility index (Phi) is 3.07. The molecule has 1 saturated heterocycles. The van der Waals surface area contributed by atoms with Gasteiger partial charge in [-0.05, 0) is 12.1 Å². The molecular formula is C11H15N3O2. The first-order valence-corrected chi connectivity index (χ1v) is 5.30. The second-order valence-electron chi connectivity index (χ2n) is 3.69. The summed E-state index contributed by atoms with van der Waals surface area (Å²) in [6.45, 7) is 1.75. The van der Waals surface area contributed by atoms with Crippen LogP contribution in [-0.2, 0) is 4.79 Å². The number of phenols is 1. The average Bonchev–Trinajstić information content (AvgIpc) is 2.62. The molecule has 1 heterocycles. The lowest BCUT2D eigenvalue weighted by Crippen LogP contribution is -2.41. The molecule has 0 unspecified atom stereocenters. The minimum atomic E-state index is -0.00468. The van der Waals surface area contributed by atoms with E-state index in [1.54, 1.807) is 24.3 Å². The molecule has 1 aliphatic heterocycles. The zero-order chi connectivity index (χ0) is 11.5. The average molecular weight is 221 g/mol. The van der Waals surface area contributed by atoms with Crippen molar-refractivity contribution < 1.29 is 9.90 Å². The van der Waals surface area contributed by atoms with Gasteiger partial charge in [-0.15, -0.1) is 0 Å². The van der Waals surface area contributed by atoms with Crippen LogP contribution < -0.4 is 10.7 Å². The molecule has 1 aliphatic rings. The fourth-order valence-electron chi connectivity index (χ4n) is 1.88. The molecule has 1 aromatic rings. The monoisotopic (exact) mass is 221 g/mol. The van der Waals surface area contributed by atoms with Crippen LogP contribution in [0, 0.1) is 0 Å². The van der Waals surface area contributed by atoms with Gasteiger partial charge in [-0.2, -0.15) is 0 Å². The van der Waals surface area contributed by atoms with E-state index in [0.29, 0.717) is 31.7 Å². The Hall–Kier alpha value is -1.59. The zero-order valence-corrected chi connectivity index (χ0v) is 8.97. The Morgan fingerprint density at radius 2 is 2.12 bits per heavy atom. The lowest BCUT2D eigenvalue weighted by Gasteiger charge is -2.27. The maximum absolute atomic E-state index is 11.7. The summed E-state index contributed by atoms with van der Waals surface area (Å²) in [4.78, 5) is 11.7. The third-order valence-electron chi connectivity index (χ3n) is 2.60. The lowest BCUT2D eigenvalue weighted by molar-refractivity contribution is -0.118. The molecule has 3 N–H and O–H groups in total. The van der Waals surface area contributed by atoms with Crippen molar-refractivity contribution in [2.75, 3.05) is 24.6 Å². The van der Waals surface area contributed by atoms with Crippen molar-refractivity contribution in [3.8, 4) is 5.75 Å². The van der Waals surface area contributed by atoms with E-state index >= 15 is 0 Å². The number of benzene rings is 1. The van der Waals surface area contributed by atoms with Gasteiger partial charge in [0.1, 0.15) is 11.4 Å². The molecule has 1 fully saturated rings. The molecule has 0 aromatic heterocycles. The zero-order valence-electron chi connectivity index (χ0n) is 8.97.